The summed E-state index contributed by atoms with van der Waals surface area (Å²) in [6, 6.07) is 0. The molecule has 118 valence electrons. The van der Waals surface area contributed by atoms with E-state index in [-0.39, 0.29) is 23.4 Å². The lowest BCUT2D eigenvalue weighted by molar-refractivity contribution is -0.181. The summed E-state index contributed by atoms with van der Waals surface area (Å²) in [6.07, 6.45) is -0.504. The van der Waals surface area contributed by atoms with Gasteiger partial charge in [0.05, 0.1) is 6.61 Å². The normalized spacial score (nSPS) is 37.2. The van der Waals surface area contributed by atoms with Gasteiger partial charge >= 0.3 is 0 Å². The second-order valence-electron chi connectivity index (χ2n) is 7.66. The van der Waals surface area contributed by atoms with Gasteiger partial charge in [-0.05, 0) is 32.0 Å². The smallest absolute Gasteiger partial charge is 0.192 e. The Balaban J connectivity index is 1.98. The molecule has 6 heteroatoms. The molecule has 2 aliphatic rings. The number of fused-ring (bicyclic) bond motifs is 1. The molecule has 4 nitrogen and oxygen atoms in total. The van der Waals surface area contributed by atoms with Crippen molar-refractivity contribution >= 4 is 19.9 Å². The SMILES string of the molecule is CC1(C)O[C@@H]2[C@H](O1)[C@@H](CO[Si](C)(C)C(C)(C)C)O[C@H]2Cl. The maximum Gasteiger partial charge on any atom is 0.192 e. The van der Waals surface area contributed by atoms with Crippen molar-refractivity contribution in [1.82, 2.24) is 0 Å². The molecule has 2 saturated heterocycles. The minimum absolute atomic E-state index is 0.141. The van der Waals surface area contributed by atoms with Gasteiger partial charge in [-0.25, -0.2) is 0 Å². The van der Waals surface area contributed by atoms with Gasteiger partial charge in [0.15, 0.2) is 19.7 Å². The Morgan fingerprint density at radius 3 is 2.25 bits per heavy atom. The zero-order valence-corrected chi connectivity index (χ0v) is 15.3. The highest BCUT2D eigenvalue weighted by atomic mass is 35.5. The molecule has 20 heavy (non-hydrogen) atoms. The minimum atomic E-state index is -1.79. The van der Waals surface area contributed by atoms with E-state index >= 15 is 0 Å². The number of hydrogen-bond donors (Lipinski definition) is 0. The van der Waals surface area contributed by atoms with Gasteiger partial charge in [-0.3, -0.25) is 0 Å². The van der Waals surface area contributed by atoms with Crippen molar-refractivity contribution in [2.24, 2.45) is 0 Å². The van der Waals surface area contributed by atoms with Crippen molar-refractivity contribution in [3.8, 4) is 0 Å². The van der Waals surface area contributed by atoms with E-state index in [1.54, 1.807) is 0 Å². The van der Waals surface area contributed by atoms with Gasteiger partial charge in [-0.2, -0.15) is 0 Å². The lowest BCUT2D eigenvalue weighted by Crippen LogP contribution is -2.44. The Kier molecular flexibility index (Phi) is 4.36. The van der Waals surface area contributed by atoms with Crippen LogP contribution in [0, 0.1) is 0 Å². The van der Waals surface area contributed by atoms with E-state index in [0.29, 0.717) is 6.61 Å². The zero-order chi connectivity index (χ0) is 15.3. The van der Waals surface area contributed by atoms with Gasteiger partial charge in [-0.1, -0.05) is 32.4 Å². The van der Waals surface area contributed by atoms with Gasteiger partial charge in [0.2, 0.25) is 0 Å². The van der Waals surface area contributed by atoms with Gasteiger partial charge in [0, 0.05) is 0 Å². The van der Waals surface area contributed by atoms with E-state index in [1.807, 2.05) is 13.8 Å². The molecule has 0 N–H and O–H groups in total. The van der Waals surface area contributed by atoms with E-state index in [0.717, 1.165) is 0 Å². The van der Waals surface area contributed by atoms with Crippen molar-refractivity contribution in [3.05, 3.63) is 0 Å². The molecular formula is C14H27ClO4Si. The van der Waals surface area contributed by atoms with Crippen molar-refractivity contribution in [3.63, 3.8) is 0 Å². The molecule has 2 fully saturated rings. The Labute approximate surface area is 128 Å². The average molecular weight is 323 g/mol. The average Bonchev–Trinajstić information content (AvgIpc) is 2.70. The molecule has 0 aromatic carbocycles. The van der Waals surface area contributed by atoms with Crippen LogP contribution in [0.5, 0.6) is 0 Å². The summed E-state index contributed by atoms with van der Waals surface area (Å²) in [5, 5.41) is 0.178. The van der Waals surface area contributed by atoms with Crippen molar-refractivity contribution in [2.45, 2.75) is 82.4 Å². The van der Waals surface area contributed by atoms with E-state index < -0.39 is 19.7 Å². The number of rotatable bonds is 3. The van der Waals surface area contributed by atoms with Crippen LogP contribution in [0.3, 0.4) is 0 Å². The highest BCUT2D eigenvalue weighted by molar-refractivity contribution is 6.74. The zero-order valence-electron chi connectivity index (χ0n) is 13.5. The van der Waals surface area contributed by atoms with Crippen LogP contribution in [0.2, 0.25) is 18.1 Å². The molecule has 2 heterocycles. The Hall–Kier alpha value is 0.347. The first-order valence-electron chi connectivity index (χ1n) is 7.22. The van der Waals surface area contributed by atoms with Crippen molar-refractivity contribution in [1.29, 1.82) is 0 Å². The van der Waals surface area contributed by atoms with E-state index in [1.165, 1.54) is 0 Å². The second-order valence-corrected chi connectivity index (χ2v) is 12.9. The fourth-order valence-electron chi connectivity index (χ4n) is 2.27. The monoisotopic (exact) mass is 322 g/mol. The summed E-state index contributed by atoms with van der Waals surface area (Å²) < 4.78 is 23.7. The fraction of sp³-hybridized carbons (Fsp3) is 1.00. The van der Waals surface area contributed by atoms with Crippen LogP contribution in [-0.4, -0.2) is 44.6 Å². The molecule has 0 aromatic rings. The Morgan fingerprint density at radius 2 is 1.70 bits per heavy atom. The van der Waals surface area contributed by atoms with Gasteiger partial charge < -0.3 is 18.6 Å². The summed E-state index contributed by atoms with van der Waals surface area (Å²) in [5.41, 5.74) is -0.463. The quantitative estimate of drug-likeness (QED) is 0.588. The van der Waals surface area contributed by atoms with Gasteiger partial charge in [0.1, 0.15) is 18.3 Å². The third-order valence-corrected chi connectivity index (χ3v) is 9.36. The predicted molar refractivity (Wildman–Crippen MR) is 81.5 cm³/mol. The molecule has 0 saturated carbocycles. The van der Waals surface area contributed by atoms with Crippen LogP contribution in [0.4, 0.5) is 0 Å². The minimum Gasteiger partial charge on any atom is -0.414 e. The molecule has 0 aromatic heterocycles. The molecule has 2 rings (SSSR count). The van der Waals surface area contributed by atoms with Gasteiger partial charge in [-0.15, -0.1) is 0 Å². The lowest BCUT2D eigenvalue weighted by Gasteiger charge is -2.37. The summed E-state index contributed by atoms with van der Waals surface area (Å²) >= 11 is 6.20. The Bertz CT molecular complexity index is 367. The van der Waals surface area contributed by atoms with Crippen LogP contribution >= 0.6 is 11.6 Å². The first-order chi connectivity index (χ1) is 8.93. The third kappa shape index (κ3) is 3.23. The van der Waals surface area contributed by atoms with Crippen molar-refractivity contribution in [2.75, 3.05) is 6.61 Å². The van der Waals surface area contributed by atoms with E-state index in [9.17, 15) is 0 Å². The first-order valence-corrected chi connectivity index (χ1v) is 10.6. The van der Waals surface area contributed by atoms with Crippen molar-refractivity contribution < 1.29 is 18.6 Å². The number of ether oxygens (including phenoxy) is 3. The molecule has 0 spiro atoms. The number of hydrogen-bond acceptors (Lipinski definition) is 4. The summed E-state index contributed by atoms with van der Waals surface area (Å²) in [5.74, 6) is -0.596. The topological polar surface area (TPSA) is 36.9 Å². The summed E-state index contributed by atoms with van der Waals surface area (Å²) in [7, 11) is -1.79. The molecule has 0 radical (unpaired) electrons. The predicted octanol–water partition coefficient (Wildman–Crippen LogP) is 3.49. The second kappa shape index (κ2) is 5.21. The first kappa shape index (κ1) is 16.7. The third-order valence-electron chi connectivity index (χ3n) is 4.51. The maximum absolute atomic E-state index is 6.22. The Morgan fingerprint density at radius 1 is 1.15 bits per heavy atom. The number of halogens is 1. The number of alkyl halides is 1. The molecule has 4 atom stereocenters. The maximum atomic E-state index is 6.22. The molecule has 0 unspecified atom stereocenters. The van der Waals surface area contributed by atoms with Crippen LogP contribution in [0.25, 0.3) is 0 Å². The molecule has 0 bridgehead atoms. The van der Waals surface area contributed by atoms with E-state index in [2.05, 4.69) is 33.9 Å². The van der Waals surface area contributed by atoms with Gasteiger partial charge in [0.25, 0.3) is 0 Å². The molecular weight excluding hydrogens is 296 g/mol. The summed E-state index contributed by atoms with van der Waals surface area (Å²) in [6.45, 7) is 15.4. The molecule has 0 aliphatic carbocycles. The van der Waals surface area contributed by atoms with E-state index in [4.69, 9.17) is 30.2 Å². The summed E-state index contributed by atoms with van der Waals surface area (Å²) in [4.78, 5) is 0. The largest absolute Gasteiger partial charge is 0.414 e. The van der Waals surface area contributed by atoms with Crippen LogP contribution < -0.4 is 0 Å². The highest BCUT2D eigenvalue weighted by Crippen LogP contribution is 2.41. The van der Waals surface area contributed by atoms with Crippen LogP contribution in [0.15, 0.2) is 0 Å². The standard InChI is InChI=1S/C14H27ClO4Si/c1-13(2,3)20(6,7)16-8-9-10-11(12(15)17-9)19-14(4,5)18-10/h9-12H,8H2,1-7H3/t9-,10-,11-,12-/m1/s1. The van der Waals surface area contributed by atoms with Crippen LogP contribution in [-0.2, 0) is 18.6 Å². The fourth-order valence-corrected chi connectivity index (χ4v) is 3.61. The highest BCUT2D eigenvalue weighted by Gasteiger charge is 2.55. The molecule has 2 aliphatic heterocycles. The van der Waals surface area contributed by atoms with Crippen LogP contribution in [0.1, 0.15) is 34.6 Å². The lowest BCUT2D eigenvalue weighted by atomic mass is 10.2. The molecule has 0 amide bonds.